The lowest BCUT2D eigenvalue weighted by molar-refractivity contribution is -0.138. The lowest BCUT2D eigenvalue weighted by Crippen LogP contribution is -2.39. The molecule has 0 fully saturated rings. The molecule has 2 amide bonds. The number of likely N-dealkylation sites (N-methyl/N-ethyl adjacent to an activating group) is 1. The molecule has 0 atom stereocenters. The van der Waals surface area contributed by atoms with E-state index in [4.69, 9.17) is 0 Å². The fourth-order valence-electron chi connectivity index (χ4n) is 1.37. The van der Waals surface area contributed by atoms with Crippen molar-refractivity contribution in [1.29, 1.82) is 0 Å². The van der Waals surface area contributed by atoms with Gasteiger partial charge in [-0.05, 0) is 6.07 Å². The van der Waals surface area contributed by atoms with Gasteiger partial charge in [0.15, 0.2) is 0 Å². The van der Waals surface area contributed by atoms with E-state index in [9.17, 15) is 27.6 Å². The van der Waals surface area contributed by atoms with Gasteiger partial charge in [0.1, 0.15) is 6.54 Å². The molecule has 0 saturated carbocycles. The van der Waals surface area contributed by atoms with Crippen LogP contribution in [0.4, 0.5) is 13.2 Å². The summed E-state index contributed by atoms with van der Waals surface area (Å²) < 4.78 is 38.2. The molecular weight excluding hydrogens is 291 g/mol. The van der Waals surface area contributed by atoms with Crippen molar-refractivity contribution in [3.05, 3.63) is 34.2 Å². The Morgan fingerprint density at radius 3 is 2.43 bits per heavy atom. The van der Waals surface area contributed by atoms with Crippen LogP contribution in [0.15, 0.2) is 23.1 Å². The Hall–Kier alpha value is -2.32. The molecule has 0 bridgehead atoms. The minimum atomic E-state index is -4.60. The van der Waals surface area contributed by atoms with E-state index in [0.29, 0.717) is 16.8 Å². The number of rotatable bonds is 4. The van der Waals surface area contributed by atoms with E-state index in [0.717, 1.165) is 6.07 Å². The molecule has 0 aliphatic heterocycles. The number of halogens is 3. The largest absolute Gasteiger partial charge is 0.417 e. The Balaban J connectivity index is 2.77. The summed E-state index contributed by atoms with van der Waals surface area (Å²) in [7, 11) is 2.98. The van der Waals surface area contributed by atoms with E-state index in [2.05, 4.69) is 5.32 Å². The molecule has 0 spiro atoms. The van der Waals surface area contributed by atoms with Gasteiger partial charge < -0.3 is 14.8 Å². The van der Waals surface area contributed by atoms with Gasteiger partial charge in [0.05, 0.1) is 12.1 Å². The predicted molar refractivity (Wildman–Crippen MR) is 67.4 cm³/mol. The maximum atomic E-state index is 12.5. The molecule has 116 valence electrons. The van der Waals surface area contributed by atoms with Crippen molar-refractivity contribution < 1.29 is 22.8 Å². The van der Waals surface area contributed by atoms with Crippen LogP contribution < -0.4 is 10.9 Å². The zero-order valence-corrected chi connectivity index (χ0v) is 11.4. The van der Waals surface area contributed by atoms with Gasteiger partial charge >= 0.3 is 6.18 Å². The number of hydrogen-bond acceptors (Lipinski definition) is 3. The number of aromatic nitrogens is 1. The zero-order chi connectivity index (χ0) is 16.2. The minimum Gasteiger partial charge on any atom is -0.347 e. The van der Waals surface area contributed by atoms with E-state index in [1.807, 2.05) is 0 Å². The zero-order valence-electron chi connectivity index (χ0n) is 11.4. The average Bonchev–Trinajstić information content (AvgIpc) is 2.37. The van der Waals surface area contributed by atoms with E-state index in [1.54, 1.807) is 0 Å². The highest BCUT2D eigenvalue weighted by Gasteiger charge is 2.31. The summed E-state index contributed by atoms with van der Waals surface area (Å²) in [5.74, 6) is -1.11. The first-order valence-corrected chi connectivity index (χ1v) is 5.86. The number of carbonyl (C=O) groups excluding carboxylic acids is 2. The Morgan fingerprint density at radius 1 is 1.29 bits per heavy atom. The molecule has 1 aromatic heterocycles. The molecule has 0 unspecified atom stereocenters. The summed E-state index contributed by atoms with van der Waals surface area (Å²) in [6.07, 6.45) is -4.04. The first kappa shape index (κ1) is 16.7. The number of hydrogen-bond donors (Lipinski definition) is 1. The van der Waals surface area contributed by atoms with Crippen molar-refractivity contribution in [3.8, 4) is 0 Å². The maximum Gasteiger partial charge on any atom is 0.417 e. The normalized spacial score (nSPS) is 11.1. The van der Waals surface area contributed by atoms with Crippen molar-refractivity contribution >= 4 is 11.8 Å². The molecule has 1 aromatic rings. The number of pyridine rings is 1. The number of carbonyl (C=O) groups is 2. The SMILES string of the molecule is CN(C)C(=O)CNC(=O)Cn1cc(C(F)(F)F)ccc1=O. The van der Waals surface area contributed by atoms with Gasteiger partial charge in [-0.15, -0.1) is 0 Å². The molecule has 0 aliphatic carbocycles. The van der Waals surface area contributed by atoms with Crippen molar-refractivity contribution in [2.24, 2.45) is 0 Å². The number of alkyl halides is 3. The van der Waals surface area contributed by atoms with Gasteiger partial charge in [-0.3, -0.25) is 14.4 Å². The molecule has 21 heavy (non-hydrogen) atoms. The lowest BCUT2D eigenvalue weighted by atomic mass is 10.3. The van der Waals surface area contributed by atoms with Gasteiger partial charge in [0.2, 0.25) is 11.8 Å². The van der Waals surface area contributed by atoms with Crippen LogP contribution in [0.2, 0.25) is 0 Å². The molecule has 9 heteroatoms. The number of nitrogens with zero attached hydrogens (tertiary/aromatic N) is 2. The molecule has 0 radical (unpaired) electrons. The quantitative estimate of drug-likeness (QED) is 0.856. The number of nitrogens with one attached hydrogen (secondary N) is 1. The van der Waals surface area contributed by atoms with E-state index >= 15 is 0 Å². The molecule has 1 heterocycles. The predicted octanol–water partition coefficient (Wildman–Crippen LogP) is 0.0715. The lowest BCUT2D eigenvalue weighted by Gasteiger charge is -2.12. The molecule has 0 saturated heterocycles. The van der Waals surface area contributed by atoms with Gasteiger partial charge in [-0.25, -0.2) is 0 Å². The third kappa shape index (κ3) is 4.93. The fraction of sp³-hybridized carbons (Fsp3) is 0.417. The van der Waals surface area contributed by atoms with Gasteiger partial charge in [-0.1, -0.05) is 0 Å². The maximum absolute atomic E-state index is 12.5. The van der Waals surface area contributed by atoms with Crippen LogP contribution >= 0.6 is 0 Å². The molecule has 0 aromatic carbocycles. The second-order valence-corrected chi connectivity index (χ2v) is 4.45. The molecule has 1 N–H and O–H groups in total. The van der Waals surface area contributed by atoms with Crippen molar-refractivity contribution in [2.75, 3.05) is 20.6 Å². The Kier molecular flexibility index (Phi) is 5.12. The summed E-state index contributed by atoms with van der Waals surface area (Å²) in [4.78, 5) is 35.4. The summed E-state index contributed by atoms with van der Waals surface area (Å²) in [6.45, 7) is -0.886. The van der Waals surface area contributed by atoms with Crippen LogP contribution in [0.5, 0.6) is 0 Å². The first-order chi connectivity index (χ1) is 9.61. The van der Waals surface area contributed by atoms with Gasteiger partial charge in [0, 0.05) is 26.4 Å². The van der Waals surface area contributed by atoms with Crippen LogP contribution in [0, 0.1) is 0 Å². The standard InChI is InChI=1S/C12H14F3N3O3/c1-17(2)11(21)5-16-9(19)7-18-6-8(12(13,14)15)3-4-10(18)20/h3-4,6H,5,7H2,1-2H3,(H,16,19). The van der Waals surface area contributed by atoms with Crippen LogP contribution in [0.1, 0.15) is 5.56 Å². The van der Waals surface area contributed by atoms with Crippen LogP contribution in [-0.2, 0) is 22.3 Å². The summed E-state index contributed by atoms with van der Waals surface area (Å²) in [5, 5.41) is 2.23. The van der Waals surface area contributed by atoms with E-state index < -0.39 is 29.8 Å². The minimum absolute atomic E-state index is 0.292. The van der Waals surface area contributed by atoms with Crippen LogP contribution in [0.25, 0.3) is 0 Å². The highest BCUT2D eigenvalue weighted by Crippen LogP contribution is 2.27. The highest BCUT2D eigenvalue weighted by atomic mass is 19.4. The average molecular weight is 305 g/mol. The summed E-state index contributed by atoms with van der Waals surface area (Å²) in [6, 6.07) is 1.38. The van der Waals surface area contributed by atoms with Gasteiger partial charge in [0.25, 0.3) is 5.56 Å². The fourth-order valence-corrected chi connectivity index (χ4v) is 1.37. The monoisotopic (exact) mass is 305 g/mol. The topological polar surface area (TPSA) is 71.4 Å². The second kappa shape index (κ2) is 6.42. The van der Waals surface area contributed by atoms with Crippen LogP contribution in [0.3, 0.4) is 0 Å². The van der Waals surface area contributed by atoms with Crippen molar-refractivity contribution in [1.82, 2.24) is 14.8 Å². The van der Waals surface area contributed by atoms with Crippen LogP contribution in [-0.4, -0.2) is 41.9 Å². The van der Waals surface area contributed by atoms with E-state index in [1.165, 1.54) is 19.0 Å². The summed E-state index contributed by atoms with van der Waals surface area (Å²) >= 11 is 0. The van der Waals surface area contributed by atoms with Gasteiger partial charge in [-0.2, -0.15) is 13.2 Å². The van der Waals surface area contributed by atoms with E-state index in [-0.39, 0.29) is 12.5 Å². The smallest absolute Gasteiger partial charge is 0.347 e. The molecular formula is C12H14F3N3O3. The van der Waals surface area contributed by atoms with Crippen molar-refractivity contribution in [3.63, 3.8) is 0 Å². The Bertz CT molecular complexity index is 593. The van der Waals surface area contributed by atoms with Crippen molar-refractivity contribution in [2.45, 2.75) is 12.7 Å². The Labute approximate surface area is 118 Å². The molecule has 1 rings (SSSR count). The number of amides is 2. The molecule has 0 aliphatic rings. The second-order valence-electron chi connectivity index (χ2n) is 4.45. The third-order valence-corrected chi connectivity index (χ3v) is 2.56. The third-order valence-electron chi connectivity index (χ3n) is 2.56. The Morgan fingerprint density at radius 2 is 1.90 bits per heavy atom. The summed E-state index contributed by atoms with van der Waals surface area (Å²) in [5.41, 5.74) is -1.77. The molecule has 6 nitrogen and oxygen atoms in total. The highest BCUT2D eigenvalue weighted by molar-refractivity contribution is 5.84. The first-order valence-electron chi connectivity index (χ1n) is 5.86.